The Balaban J connectivity index is 2.55. The molecule has 0 saturated heterocycles. The smallest absolute Gasteiger partial charge is 0.227 e. The summed E-state index contributed by atoms with van der Waals surface area (Å²) in [5.74, 6) is 1.17. The maximum absolute atomic E-state index is 10.7. The van der Waals surface area contributed by atoms with Crippen LogP contribution in [-0.2, 0) is 0 Å². The van der Waals surface area contributed by atoms with Gasteiger partial charge in [0.15, 0.2) is 6.29 Å². The molecule has 0 aliphatic heterocycles. The summed E-state index contributed by atoms with van der Waals surface area (Å²) in [5, 5.41) is 0. The number of rotatable bonds is 2. The van der Waals surface area contributed by atoms with Crippen LogP contribution in [-0.4, -0.2) is 16.3 Å². The standard InChI is InChI=1S/C10H8N2O2/c1-7-4-12-10(14-7)9-2-3-11-5-8(9)6-13/h2-6H,1H3. The Morgan fingerprint density at radius 2 is 2.29 bits per heavy atom. The number of oxazole rings is 1. The second kappa shape index (κ2) is 3.41. The molecule has 70 valence electrons. The number of carbonyl (C=O) groups excluding carboxylic acids is 1. The summed E-state index contributed by atoms with van der Waals surface area (Å²) in [6, 6.07) is 1.70. The van der Waals surface area contributed by atoms with Crippen LogP contribution in [0.5, 0.6) is 0 Å². The monoisotopic (exact) mass is 188 g/mol. The fourth-order valence-corrected chi connectivity index (χ4v) is 1.17. The van der Waals surface area contributed by atoms with E-state index in [-0.39, 0.29) is 0 Å². The highest BCUT2D eigenvalue weighted by atomic mass is 16.4. The molecule has 0 amide bonds. The molecule has 0 unspecified atom stereocenters. The van der Waals surface area contributed by atoms with Gasteiger partial charge in [-0.15, -0.1) is 0 Å². The minimum absolute atomic E-state index is 0.451. The van der Waals surface area contributed by atoms with Gasteiger partial charge in [-0.2, -0.15) is 0 Å². The van der Waals surface area contributed by atoms with Crippen molar-refractivity contribution >= 4 is 6.29 Å². The van der Waals surface area contributed by atoms with Gasteiger partial charge in [0.05, 0.1) is 11.8 Å². The van der Waals surface area contributed by atoms with E-state index in [0.29, 0.717) is 22.8 Å². The maximum atomic E-state index is 10.7. The van der Waals surface area contributed by atoms with E-state index >= 15 is 0 Å². The number of aldehydes is 1. The Labute approximate surface area is 80.6 Å². The van der Waals surface area contributed by atoms with E-state index in [4.69, 9.17) is 4.42 Å². The SMILES string of the molecule is Cc1cnc(-c2ccncc2C=O)o1. The van der Waals surface area contributed by atoms with Gasteiger partial charge in [0.25, 0.3) is 0 Å². The topological polar surface area (TPSA) is 56.0 Å². The van der Waals surface area contributed by atoms with E-state index in [1.807, 2.05) is 0 Å². The highest BCUT2D eigenvalue weighted by Gasteiger charge is 2.08. The lowest BCUT2D eigenvalue weighted by molar-refractivity contribution is 0.112. The second-order valence-corrected chi connectivity index (χ2v) is 2.86. The van der Waals surface area contributed by atoms with Crippen molar-refractivity contribution in [1.29, 1.82) is 0 Å². The summed E-state index contributed by atoms with van der Waals surface area (Å²) in [5.41, 5.74) is 1.15. The Morgan fingerprint density at radius 3 is 2.93 bits per heavy atom. The number of aryl methyl sites for hydroxylation is 1. The van der Waals surface area contributed by atoms with Gasteiger partial charge in [0, 0.05) is 18.0 Å². The van der Waals surface area contributed by atoms with Gasteiger partial charge >= 0.3 is 0 Å². The highest BCUT2D eigenvalue weighted by molar-refractivity contribution is 5.84. The quantitative estimate of drug-likeness (QED) is 0.675. The van der Waals surface area contributed by atoms with E-state index in [1.165, 1.54) is 6.20 Å². The van der Waals surface area contributed by atoms with Crippen molar-refractivity contribution < 1.29 is 9.21 Å². The molecule has 0 aromatic carbocycles. The summed E-state index contributed by atoms with van der Waals surface area (Å²) < 4.78 is 5.31. The van der Waals surface area contributed by atoms with E-state index in [0.717, 1.165) is 6.29 Å². The highest BCUT2D eigenvalue weighted by Crippen LogP contribution is 2.20. The van der Waals surface area contributed by atoms with Crippen molar-refractivity contribution in [3.05, 3.63) is 36.0 Å². The average molecular weight is 188 g/mol. The molecule has 0 radical (unpaired) electrons. The molecule has 0 N–H and O–H groups in total. The summed E-state index contributed by atoms with van der Waals surface area (Å²) in [6.07, 6.45) is 5.44. The number of pyridine rings is 1. The summed E-state index contributed by atoms with van der Waals surface area (Å²) in [6.45, 7) is 1.80. The van der Waals surface area contributed by atoms with Crippen LogP contribution in [0.2, 0.25) is 0 Å². The molecule has 0 fully saturated rings. The molecule has 2 rings (SSSR count). The lowest BCUT2D eigenvalue weighted by atomic mass is 10.1. The predicted octanol–water partition coefficient (Wildman–Crippen LogP) is 1.86. The fourth-order valence-electron chi connectivity index (χ4n) is 1.17. The van der Waals surface area contributed by atoms with Crippen molar-refractivity contribution in [1.82, 2.24) is 9.97 Å². The van der Waals surface area contributed by atoms with E-state index in [9.17, 15) is 4.79 Å². The Morgan fingerprint density at radius 1 is 1.43 bits per heavy atom. The molecule has 0 spiro atoms. The van der Waals surface area contributed by atoms with Crippen LogP contribution in [0.3, 0.4) is 0 Å². The van der Waals surface area contributed by atoms with Gasteiger partial charge in [-0.05, 0) is 13.0 Å². The first kappa shape index (κ1) is 8.62. The zero-order chi connectivity index (χ0) is 9.97. The first-order valence-electron chi connectivity index (χ1n) is 4.13. The first-order valence-corrected chi connectivity index (χ1v) is 4.13. The van der Waals surface area contributed by atoms with Crippen LogP contribution in [0.15, 0.2) is 29.1 Å². The maximum Gasteiger partial charge on any atom is 0.227 e. The third kappa shape index (κ3) is 1.42. The van der Waals surface area contributed by atoms with Crippen LogP contribution in [0.1, 0.15) is 16.1 Å². The van der Waals surface area contributed by atoms with Gasteiger partial charge in [0.1, 0.15) is 5.76 Å². The van der Waals surface area contributed by atoms with Gasteiger partial charge in [0.2, 0.25) is 5.89 Å². The fraction of sp³-hybridized carbons (Fsp3) is 0.100. The lowest BCUT2D eigenvalue weighted by Gasteiger charge is -1.97. The van der Waals surface area contributed by atoms with Crippen LogP contribution in [0.4, 0.5) is 0 Å². The molecular formula is C10H8N2O2. The second-order valence-electron chi connectivity index (χ2n) is 2.86. The molecule has 0 bridgehead atoms. The van der Waals surface area contributed by atoms with Crippen LogP contribution in [0, 0.1) is 6.92 Å². The van der Waals surface area contributed by atoms with E-state index < -0.39 is 0 Å². The van der Waals surface area contributed by atoms with Crippen molar-refractivity contribution in [2.24, 2.45) is 0 Å². The van der Waals surface area contributed by atoms with Gasteiger partial charge < -0.3 is 4.42 Å². The van der Waals surface area contributed by atoms with Gasteiger partial charge in [-0.1, -0.05) is 0 Å². The van der Waals surface area contributed by atoms with E-state index in [2.05, 4.69) is 9.97 Å². The average Bonchev–Trinajstić information content (AvgIpc) is 2.65. The number of hydrogen-bond donors (Lipinski definition) is 0. The zero-order valence-electron chi connectivity index (χ0n) is 7.60. The van der Waals surface area contributed by atoms with Gasteiger partial charge in [-0.25, -0.2) is 4.98 Å². The normalized spacial score (nSPS) is 10.1. The van der Waals surface area contributed by atoms with Crippen molar-refractivity contribution in [2.45, 2.75) is 6.92 Å². The van der Waals surface area contributed by atoms with Crippen LogP contribution >= 0.6 is 0 Å². The molecule has 2 aromatic heterocycles. The zero-order valence-corrected chi connectivity index (χ0v) is 7.60. The molecular weight excluding hydrogens is 180 g/mol. The Bertz CT molecular complexity index is 463. The lowest BCUT2D eigenvalue weighted by Crippen LogP contribution is -1.88. The summed E-state index contributed by atoms with van der Waals surface area (Å²) in [4.78, 5) is 18.6. The molecule has 0 aliphatic carbocycles. The van der Waals surface area contributed by atoms with Crippen molar-refractivity contribution in [3.8, 4) is 11.5 Å². The molecule has 2 heterocycles. The molecule has 0 atom stereocenters. The molecule has 0 aliphatic rings. The Hall–Kier alpha value is -1.97. The van der Waals surface area contributed by atoms with E-state index in [1.54, 1.807) is 25.4 Å². The third-order valence-electron chi connectivity index (χ3n) is 1.83. The number of carbonyl (C=O) groups is 1. The van der Waals surface area contributed by atoms with Crippen LogP contribution < -0.4 is 0 Å². The molecule has 0 saturated carbocycles. The molecule has 4 heteroatoms. The minimum Gasteiger partial charge on any atom is -0.441 e. The molecule has 2 aromatic rings. The van der Waals surface area contributed by atoms with Crippen molar-refractivity contribution in [2.75, 3.05) is 0 Å². The summed E-state index contributed by atoms with van der Waals surface area (Å²) >= 11 is 0. The largest absolute Gasteiger partial charge is 0.441 e. The Kier molecular flexibility index (Phi) is 2.10. The van der Waals surface area contributed by atoms with Crippen molar-refractivity contribution in [3.63, 3.8) is 0 Å². The molecule has 4 nitrogen and oxygen atoms in total. The number of nitrogens with zero attached hydrogens (tertiary/aromatic N) is 2. The van der Waals surface area contributed by atoms with Gasteiger partial charge in [-0.3, -0.25) is 9.78 Å². The minimum atomic E-state index is 0.451. The first-order chi connectivity index (χ1) is 6.81. The predicted molar refractivity (Wildman–Crippen MR) is 49.9 cm³/mol. The third-order valence-corrected chi connectivity index (χ3v) is 1.83. The van der Waals surface area contributed by atoms with Crippen LogP contribution in [0.25, 0.3) is 11.5 Å². The number of hydrogen-bond acceptors (Lipinski definition) is 4. The summed E-state index contributed by atoms with van der Waals surface area (Å²) in [7, 11) is 0. The number of aromatic nitrogens is 2. The molecule has 14 heavy (non-hydrogen) atoms.